The second-order valence-electron chi connectivity index (χ2n) is 5.37. The molecule has 3 aromatic rings. The zero-order chi connectivity index (χ0) is 17.6. The summed E-state index contributed by atoms with van der Waals surface area (Å²) in [6.07, 6.45) is 1.99. The summed E-state index contributed by atoms with van der Waals surface area (Å²) in [4.78, 5) is 18.0. The van der Waals surface area contributed by atoms with Gasteiger partial charge >= 0.3 is 0 Å². The molecule has 25 heavy (non-hydrogen) atoms. The number of aromatic hydroxyl groups is 1. The molecule has 0 bridgehead atoms. The standard InChI is InChI=1S/C18H12N2O2S3/c1-24-11-6-4-5-10(9-11)20-17(22)15(25-18(20)23)14-12-7-2-3-8-13(12)19-16(14)21/h2-9,22H,1H3. The van der Waals surface area contributed by atoms with Crippen LogP contribution in [0.4, 0.5) is 0 Å². The molecule has 2 aromatic carbocycles. The third-order valence-corrected chi connectivity index (χ3v) is 6.04. The lowest BCUT2D eigenvalue weighted by Gasteiger charge is -2.07. The maximum Gasteiger partial charge on any atom is 0.279 e. The summed E-state index contributed by atoms with van der Waals surface area (Å²) >= 11 is 8.28. The molecule has 7 heteroatoms. The third kappa shape index (κ3) is 2.64. The van der Waals surface area contributed by atoms with Crippen molar-refractivity contribution < 1.29 is 9.90 Å². The van der Waals surface area contributed by atoms with E-state index in [2.05, 4.69) is 4.99 Å². The molecule has 0 aliphatic carbocycles. The monoisotopic (exact) mass is 384 g/mol. The van der Waals surface area contributed by atoms with Crippen LogP contribution in [0.2, 0.25) is 0 Å². The highest BCUT2D eigenvalue weighted by Gasteiger charge is 2.25. The summed E-state index contributed by atoms with van der Waals surface area (Å²) < 4.78 is 2.08. The Morgan fingerprint density at radius 2 is 2.00 bits per heavy atom. The van der Waals surface area contributed by atoms with Gasteiger partial charge in [0.2, 0.25) is 5.88 Å². The molecular formula is C18H12N2O2S3. The van der Waals surface area contributed by atoms with Crippen LogP contribution < -0.4 is 10.6 Å². The van der Waals surface area contributed by atoms with Gasteiger partial charge in [0.05, 0.1) is 16.6 Å². The number of benzene rings is 2. The molecule has 4 nitrogen and oxygen atoms in total. The molecule has 0 saturated carbocycles. The molecule has 1 N–H and O–H groups in total. The van der Waals surface area contributed by atoms with Crippen LogP contribution >= 0.6 is 35.3 Å². The Labute approximate surface area is 156 Å². The summed E-state index contributed by atoms with van der Waals surface area (Å²) in [5.74, 6) is -0.374. The van der Waals surface area contributed by atoms with Crippen LogP contribution in [-0.2, 0) is 4.79 Å². The fourth-order valence-corrected chi connectivity index (χ4v) is 4.62. The average molecular weight is 385 g/mol. The lowest BCUT2D eigenvalue weighted by Crippen LogP contribution is -2.22. The predicted octanol–water partition coefficient (Wildman–Crippen LogP) is 3.05. The highest BCUT2D eigenvalue weighted by Crippen LogP contribution is 2.35. The largest absolute Gasteiger partial charge is 0.493 e. The van der Waals surface area contributed by atoms with E-state index in [0.717, 1.165) is 15.8 Å². The number of fused-ring (bicyclic) bond motifs is 1. The second-order valence-corrected chi connectivity index (χ2v) is 7.89. The minimum Gasteiger partial charge on any atom is -0.493 e. The Balaban J connectivity index is 1.98. The van der Waals surface area contributed by atoms with Crippen LogP contribution in [0.25, 0.3) is 11.3 Å². The number of hydrogen-bond acceptors (Lipinski definition) is 5. The number of para-hydroxylation sites is 1. The molecule has 124 valence electrons. The number of carbonyl (C=O) groups excluding carboxylic acids is 1. The topological polar surface area (TPSA) is 54.6 Å². The quantitative estimate of drug-likeness (QED) is 0.557. The van der Waals surface area contributed by atoms with Crippen molar-refractivity contribution in [3.63, 3.8) is 0 Å². The first kappa shape index (κ1) is 16.3. The van der Waals surface area contributed by atoms with Crippen molar-refractivity contribution >= 4 is 46.8 Å². The maximum absolute atomic E-state index is 12.4. The Morgan fingerprint density at radius 1 is 1.20 bits per heavy atom. The van der Waals surface area contributed by atoms with Crippen molar-refractivity contribution in [1.29, 1.82) is 0 Å². The molecule has 0 atom stereocenters. The molecule has 4 rings (SSSR count). The zero-order valence-electron chi connectivity index (χ0n) is 13.1. The molecule has 0 radical (unpaired) electrons. The van der Waals surface area contributed by atoms with E-state index in [-0.39, 0.29) is 11.8 Å². The Morgan fingerprint density at radius 3 is 2.80 bits per heavy atom. The van der Waals surface area contributed by atoms with Gasteiger partial charge in [-0.2, -0.15) is 0 Å². The Bertz CT molecular complexity index is 1190. The van der Waals surface area contributed by atoms with E-state index in [1.165, 1.54) is 11.3 Å². The first-order valence-electron chi connectivity index (χ1n) is 7.42. The molecule has 0 saturated heterocycles. The van der Waals surface area contributed by atoms with E-state index in [9.17, 15) is 9.90 Å². The van der Waals surface area contributed by atoms with Crippen molar-refractivity contribution in [2.45, 2.75) is 4.90 Å². The van der Waals surface area contributed by atoms with Gasteiger partial charge in [0.1, 0.15) is 4.88 Å². The second kappa shape index (κ2) is 6.25. The van der Waals surface area contributed by atoms with Crippen LogP contribution in [0.1, 0.15) is 4.88 Å². The first-order chi connectivity index (χ1) is 12.1. The van der Waals surface area contributed by atoms with Gasteiger partial charge in [0.15, 0.2) is 3.95 Å². The smallest absolute Gasteiger partial charge is 0.279 e. The molecule has 1 aliphatic heterocycles. The van der Waals surface area contributed by atoms with E-state index in [0.29, 0.717) is 19.8 Å². The lowest BCUT2D eigenvalue weighted by molar-refractivity contribution is -0.112. The first-order valence-corrected chi connectivity index (χ1v) is 9.87. The van der Waals surface area contributed by atoms with Crippen molar-refractivity contribution in [2.75, 3.05) is 6.26 Å². The summed E-state index contributed by atoms with van der Waals surface area (Å²) in [5, 5.41) is 12.2. The Hall–Kier alpha value is -2.22. The van der Waals surface area contributed by atoms with Gasteiger partial charge in [-0.15, -0.1) is 23.1 Å². The molecule has 1 aliphatic rings. The van der Waals surface area contributed by atoms with E-state index < -0.39 is 0 Å². The fourth-order valence-electron chi connectivity index (χ4n) is 2.79. The summed E-state index contributed by atoms with van der Waals surface area (Å²) in [5.41, 5.74) is 1.18. The van der Waals surface area contributed by atoms with E-state index in [1.807, 2.05) is 48.7 Å². The average Bonchev–Trinajstić information content (AvgIpc) is 3.10. The molecule has 0 unspecified atom stereocenters. The number of rotatable bonds is 3. The SMILES string of the molecule is CSc1cccc(-n2c(O)c(C3=c4ccccc4=NC3=O)sc2=S)c1. The molecule has 1 aromatic heterocycles. The number of hydrogen-bond donors (Lipinski definition) is 1. The fraction of sp³-hybridized carbons (Fsp3) is 0.0556. The van der Waals surface area contributed by atoms with Crippen LogP contribution in [0, 0.1) is 3.95 Å². The zero-order valence-corrected chi connectivity index (χ0v) is 15.5. The highest BCUT2D eigenvalue weighted by atomic mass is 32.2. The van der Waals surface area contributed by atoms with Gasteiger partial charge in [0.25, 0.3) is 5.91 Å². The molecule has 2 heterocycles. The van der Waals surface area contributed by atoms with Gasteiger partial charge in [0, 0.05) is 10.1 Å². The summed E-state index contributed by atoms with van der Waals surface area (Å²) in [6, 6.07) is 15.0. The predicted molar refractivity (Wildman–Crippen MR) is 103 cm³/mol. The number of amides is 1. The van der Waals surface area contributed by atoms with Crippen LogP contribution in [0.3, 0.4) is 0 Å². The summed E-state index contributed by atoms with van der Waals surface area (Å²) in [7, 11) is 0. The summed E-state index contributed by atoms with van der Waals surface area (Å²) in [6.45, 7) is 0. The maximum atomic E-state index is 12.4. The van der Waals surface area contributed by atoms with Gasteiger partial charge < -0.3 is 5.11 Å². The molecular weight excluding hydrogens is 372 g/mol. The van der Waals surface area contributed by atoms with Crippen molar-refractivity contribution in [3.05, 3.63) is 67.9 Å². The van der Waals surface area contributed by atoms with E-state index in [1.54, 1.807) is 22.4 Å². The number of thioether (sulfide) groups is 1. The van der Waals surface area contributed by atoms with Gasteiger partial charge in [-0.25, -0.2) is 4.99 Å². The molecule has 0 spiro atoms. The van der Waals surface area contributed by atoms with Crippen LogP contribution in [0.15, 0.2) is 58.4 Å². The Kier molecular flexibility index (Phi) is 4.07. The number of carbonyl (C=O) groups is 1. The molecule has 1 amide bonds. The van der Waals surface area contributed by atoms with Gasteiger partial charge in [-0.1, -0.05) is 24.3 Å². The van der Waals surface area contributed by atoms with Crippen molar-refractivity contribution in [2.24, 2.45) is 4.99 Å². The van der Waals surface area contributed by atoms with Crippen molar-refractivity contribution in [1.82, 2.24) is 4.57 Å². The normalized spacial score (nSPS) is 13.0. The minimum atomic E-state index is -0.349. The molecule has 0 fully saturated rings. The van der Waals surface area contributed by atoms with Crippen molar-refractivity contribution in [3.8, 4) is 11.6 Å². The van der Waals surface area contributed by atoms with Gasteiger partial charge in [-0.05, 0) is 42.7 Å². The third-order valence-electron chi connectivity index (χ3n) is 3.93. The number of thiazole rings is 1. The number of aromatic nitrogens is 1. The highest BCUT2D eigenvalue weighted by molar-refractivity contribution is 7.98. The van der Waals surface area contributed by atoms with E-state index in [4.69, 9.17) is 12.2 Å². The van der Waals surface area contributed by atoms with Gasteiger partial charge in [-0.3, -0.25) is 9.36 Å². The van der Waals surface area contributed by atoms with Crippen LogP contribution in [0.5, 0.6) is 5.88 Å². The minimum absolute atomic E-state index is 0.0245. The lowest BCUT2D eigenvalue weighted by atomic mass is 10.1. The van der Waals surface area contributed by atoms with E-state index >= 15 is 0 Å². The van der Waals surface area contributed by atoms with Crippen LogP contribution in [-0.4, -0.2) is 21.8 Å². The number of nitrogens with zero attached hydrogens (tertiary/aromatic N) is 2.